The van der Waals surface area contributed by atoms with Crippen molar-refractivity contribution >= 4 is 33.1 Å². The molecule has 0 aliphatic carbocycles. The molecule has 0 heterocycles. The van der Waals surface area contributed by atoms with E-state index in [-0.39, 0.29) is 22.3 Å². The fraction of sp³-hybridized carbons (Fsp3) is 0.222. The van der Waals surface area contributed by atoms with E-state index in [1.807, 2.05) is 0 Å². The number of sulfonamides is 1. The number of halogens is 2. The normalized spacial score (nSPS) is 12.8. The number of aliphatic imine (C=N–C) groups is 1. The number of rotatable bonds is 4. The van der Waals surface area contributed by atoms with Crippen molar-refractivity contribution in [3.63, 3.8) is 0 Å². The predicted molar refractivity (Wildman–Crippen MR) is 64.6 cm³/mol. The zero-order valence-corrected chi connectivity index (χ0v) is 10.5. The first-order chi connectivity index (χ1) is 7.90. The number of nitrogens with one attached hydrogen (secondary N) is 1. The van der Waals surface area contributed by atoms with E-state index < -0.39 is 15.8 Å². The van der Waals surface area contributed by atoms with Gasteiger partial charge in [0.15, 0.2) is 0 Å². The molecule has 0 aliphatic heterocycles. The topological polar surface area (TPSA) is 84.5 Å². The van der Waals surface area contributed by atoms with E-state index in [1.165, 1.54) is 7.05 Å². The summed E-state index contributed by atoms with van der Waals surface area (Å²) in [5.74, 6) is -0.736. The van der Waals surface area contributed by atoms with Crippen molar-refractivity contribution in [1.29, 1.82) is 0 Å². The van der Waals surface area contributed by atoms with Gasteiger partial charge in [-0.25, -0.2) is 22.5 Å². The van der Waals surface area contributed by atoms with Crippen molar-refractivity contribution in [3.05, 3.63) is 24.0 Å². The lowest BCUT2D eigenvalue weighted by atomic mass is 10.3. The summed E-state index contributed by atoms with van der Waals surface area (Å²) in [5.41, 5.74) is 5.18. The molecule has 1 rings (SSSR count). The van der Waals surface area contributed by atoms with Gasteiger partial charge in [-0.05, 0) is 25.2 Å². The number of hydrogen-bond acceptors (Lipinski definition) is 3. The molecule has 1 aromatic rings. The van der Waals surface area contributed by atoms with Gasteiger partial charge in [0.1, 0.15) is 17.3 Å². The van der Waals surface area contributed by atoms with E-state index in [1.54, 1.807) is 0 Å². The Kier molecular flexibility index (Phi) is 4.44. The first kappa shape index (κ1) is 13.9. The third kappa shape index (κ3) is 3.39. The van der Waals surface area contributed by atoms with E-state index in [9.17, 15) is 12.8 Å². The Morgan fingerprint density at radius 2 is 2.24 bits per heavy atom. The van der Waals surface area contributed by atoms with E-state index in [0.717, 1.165) is 18.2 Å². The van der Waals surface area contributed by atoms with E-state index in [2.05, 4.69) is 9.71 Å². The lowest BCUT2D eigenvalue weighted by Gasteiger charge is -2.04. The summed E-state index contributed by atoms with van der Waals surface area (Å²) in [4.78, 5) is 3.59. The molecule has 0 amide bonds. The first-order valence-corrected chi connectivity index (χ1v) is 6.54. The van der Waals surface area contributed by atoms with Crippen LogP contribution in [0.1, 0.15) is 0 Å². The quantitative estimate of drug-likeness (QED) is 0.489. The highest BCUT2D eigenvalue weighted by molar-refractivity contribution is 7.89. The number of benzene rings is 1. The van der Waals surface area contributed by atoms with Crippen molar-refractivity contribution in [2.75, 3.05) is 12.9 Å². The Bertz CT molecular complexity index is 545. The zero-order valence-electron chi connectivity index (χ0n) is 8.94. The van der Waals surface area contributed by atoms with Crippen LogP contribution in [0, 0.1) is 5.82 Å². The van der Waals surface area contributed by atoms with Crippen LogP contribution in [0.5, 0.6) is 0 Å². The molecule has 0 fully saturated rings. The molecule has 1 aromatic carbocycles. The Morgan fingerprint density at radius 3 is 2.76 bits per heavy atom. The second kappa shape index (κ2) is 5.44. The monoisotopic (exact) mass is 279 g/mol. The molecule has 0 radical (unpaired) electrons. The van der Waals surface area contributed by atoms with Gasteiger partial charge >= 0.3 is 0 Å². The summed E-state index contributed by atoms with van der Waals surface area (Å²) in [7, 11) is -2.38. The second-order valence-electron chi connectivity index (χ2n) is 3.06. The third-order valence-electron chi connectivity index (χ3n) is 1.90. The number of alkyl halides is 1. The van der Waals surface area contributed by atoms with Crippen LogP contribution >= 0.6 is 11.6 Å². The molecule has 3 N–H and O–H groups in total. The lowest BCUT2D eigenvalue weighted by molar-refractivity contribution is 0.587. The third-order valence-corrected chi connectivity index (χ3v) is 3.58. The smallest absolute Gasteiger partial charge is 0.240 e. The summed E-state index contributed by atoms with van der Waals surface area (Å²) in [6.07, 6.45) is 0. The molecule has 0 saturated heterocycles. The molecule has 94 valence electrons. The second-order valence-corrected chi connectivity index (χ2v) is 5.21. The highest BCUT2D eigenvalue weighted by Crippen LogP contribution is 2.22. The highest BCUT2D eigenvalue weighted by Gasteiger charge is 2.13. The van der Waals surface area contributed by atoms with Crippen molar-refractivity contribution in [2.45, 2.75) is 4.90 Å². The van der Waals surface area contributed by atoms with Crippen LogP contribution < -0.4 is 10.5 Å². The average molecular weight is 280 g/mol. The molecular weight excluding hydrogens is 269 g/mol. The van der Waals surface area contributed by atoms with Gasteiger partial charge in [-0.2, -0.15) is 0 Å². The minimum Gasteiger partial charge on any atom is -0.386 e. The van der Waals surface area contributed by atoms with E-state index in [0.29, 0.717) is 0 Å². The van der Waals surface area contributed by atoms with E-state index in [4.69, 9.17) is 17.3 Å². The Balaban J connectivity index is 3.30. The van der Waals surface area contributed by atoms with Crippen LogP contribution in [0.3, 0.4) is 0 Å². The molecule has 0 aromatic heterocycles. The molecule has 17 heavy (non-hydrogen) atoms. The lowest BCUT2D eigenvalue weighted by Crippen LogP contribution is -2.18. The highest BCUT2D eigenvalue weighted by atomic mass is 35.5. The summed E-state index contributed by atoms with van der Waals surface area (Å²) in [5, 5.41) is 0. The van der Waals surface area contributed by atoms with Crippen LogP contribution in [0.15, 0.2) is 28.1 Å². The molecular formula is C9H11ClFN3O2S. The maximum absolute atomic E-state index is 13.3. The maximum atomic E-state index is 13.3. The molecule has 0 unspecified atom stereocenters. The zero-order chi connectivity index (χ0) is 13.1. The largest absolute Gasteiger partial charge is 0.386 e. The van der Waals surface area contributed by atoms with Crippen LogP contribution in [-0.2, 0) is 10.0 Å². The van der Waals surface area contributed by atoms with Gasteiger partial charge in [0.2, 0.25) is 10.0 Å². The van der Waals surface area contributed by atoms with Crippen molar-refractivity contribution in [1.82, 2.24) is 4.72 Å². The van der Waals surface area contributed by atoms with Gasteiger partial charge in [-0.3, -0.25) is 0 Å². The van der Waals surface area contributed by atoms with Gasteiger partial charge in [-0.15, -0.1) is 11.6 Å². The predicted octanol–water partition coefficient (Wildman–Crippen LogP) is 0.961. The molecule has 5 nitrogen and oxygen atoms in total. The SMILES string of the molecule is CNS(=O)(=O)c1ccc(F)c(N=C(N)CCl)c1. The minimum atomic E-state index is -3.64. The standard InChI is InChI=1S/C9H11ClFN3O2S/c1-13-17(15,16)6-2-3-7(11)8(4-6)14-9(12)5-10/h2-4,13H,5H2,1H3,(H2,12,14). The summed E-state index contributed by atoms with van der Waals surface area (Å²) in [6.45, 7) is 0. The van der Waals surface area contributed by atoms with Gasteiger partial charge in [0.05, 0.1) is 10.8 Å². The average Bonchev–Trinajstić information content (AvgIpc) is 2.31. The number of nitrogens with two attached hydrogens (primary N) is 1. The molecule has 0 aliphatic rings. The van der Waals surface area contributed by atoms with Gasteiger partial charge in [0, 0.05) is 0 Å². The maximum Gasteiger partial charge on any atom is 0.240 e. The van der Waals surface area contributed by atoms with Gasteiger partial charge in [0.25, 0.3) is 0 Å². The van der Waals surface area contributed by atoms with Crippen LogP contribution in [0.2, 0.25) is 0 Å². The van der Waals surface area contributed by atoms with Crippen molar-refractivity contribution < 1.29 is 12.8 Å². The fourth-order valence-electron chi connectivity index (χ4n) is 1.05. The van der Waals surface area contributed by atoms with Crippen LogP contribution in [-0.4, -0.2) is 27.2 Å². The Labute approximate surface area is 104 Å². The first-order valence-electron chi connectivity index (χ1n) is 4.53. The molecule has 0 saturated carbocycles. The number of hydrogen-bond donors (Lipinski definition) is 2. The fourth-order valence-corrected chi connectivity index (χ4v) is 1.86. The molecule has 0 spiro atoms. The molecule has 0 bridgehead atoms. The van der Waals surface area contributed by atoms with E-state index >= 15 is 0 Å². The van der Waals surface area contributed by atoms with Gasteiger partial charge in [-0.1, -0.05) is 0 Å². The van der Waals surface area contributed by atoms with Crippen molar-refractivity contribution in [2.24, 2.45) is 10.7 Å². The number of nitrogens with zero attached hydrogens (tertiary/aromatic N) is 1. The summed E-state index contributed by atoms with van der Waals surface area (Å²) >= 11 is 5.40. The van der Waals surface area contributed by atoms with Crippen LogP contribution in [0.25, 0.3) is 0 Å². The van der Waals surface area contributed by atoms with Crippen LogP contribution in [0.4, 0.5) is 10.1 Å². The van der Waals surface area contributed by atoms with Crippen molar-refractivity contribution in [3.8, 4) is 0 Å². The molecule has 8 heteroatoms. The minimum absolute atomic E-state index is 0.00423. The summed E-state index contributed by atoms with van der Waals surface area (Å²) < 4.78 is 38.4. The number of amidine groups is 1. The Morgan fingerprint density at radius 1 is 1.59 bits per heavy atom. The molecule has 0 atom stereocenters. The summed E-state index contributed by atoms with van der Waals surface area (Å²) in [6, 6.07) is 3.22. The Hall–Kier alpha value is -1.18. The van der Waals surface area contributed by atoms with Gasteiger partial charge < -0.3 is 5.73 Å².